The third kappa shape index (κ3) is 1.72. The van der Waals surface area contributed by atoms with E-state index < -0.39 is 0 Å². The van der Waals surface area contributed by atoms with Gasteiger partial charge < -0.3 is 5.32 Å². The molecular weight excluding hydrogens is 224 g/mol. The van der Waals surface area contributed by atoms with Crippen LogP contribution in [-0.2, 0) is 0 Å². The van der Waals surface area contributed by atoms with Crippen molar-refractivity contribution in [3.05, 3.63) is 47.8 Å². The summed E-state index contributed by atoms with van der Waals surface area (Å²) in [6, 6.07) is 10.1. The van der Waals surface area contributed by atoms with Crippen LogP contribution in [0.15, 0.2) is 36.5 Å². The maximum atomic E-state index is 4.41. The summed E-state index contributed by atoms with van der Waals surface area (Å²) < 4.78 is 0. The molecule has 0 aliphatic rings. The smallest absolute Gasteiger partial charge is 0.141 e. The van der Waals surface area contributed by atoms with Crippen molar-refractivity contribution in [3.63, 3.8) is 0 Å². The van der Waals surface area contributed by atoms with Crippen molar-refractivity contribution >= 4 is 22.4 Å². The Hall–Kier alpha value is -2.36. The Bertz CT molecular complexity index is 700. The van der Waals surface area contributed by atoms with Crippen molar-refractivity contribution in [1.29, 1.82) is 0 Å². The van der Waals surface area contributed by atoms with Gasteiger partial charge >= 0.3 is 0 Å². The second kappa shape index (κ2) is 4.14. The minimum atomic E-state index is 0.841. The Balaban J connectivity index is 2.10. The molecule has 1 aromatic carbocycles. The molecule has 3 rings (SSSR count). The number of aryl methyl sites for hydroxylation is 2. The molecular formula is C14H14N4. The number of para-hydroxylation sites is 1. The van der Waals surface area contributed by atoms with Crippen LogP contribution in [0.5, 0.6) is 0 Å². The van der Waals surface area contributed by atoms with Crippen LogP contribution in [0.2, 0.25) is 0 Å². The van der Waals surface area contributed by atoms with Crippen molar-refractivity contribution in [2.24, 2.45) is 0 Å². The van der Waals surface area contributed by atoms with E-state index in [1.54, 1.807) is 6.20 Å². The molecule has 0 aliphatic carbocycles. The van der Waals surface area contributed by atoms with E-state index in [2.05, 4.69) is 33.5 Å². The van der Waals surface area contributed by atoms with Crippen LogP contribution in [0.3, 0.4) is 0 Å². The highest BCUT2D eigenvalue weighted by atomic mass is 15.1. The summed E-state index contributed by atoms with van der Waals surface area (Å²) in [6.45, 7) is 4.07. The third-order valence-corrected chi connectivity index (χ3v) is 3.05. The first-order valence-corrected chi connectivity index (χ1v) is 5.88. The van der Waals surface area contributed by atoms with Gasteiger partial charge in [-0.1, -0.05) is 18.2 Å². The molecule has 90 valence electrons. The molecule has 18 heavy (non-hydrogen) atoms. The Morgan fingerprint density at radius 2 is 1.94 bits per heavy atom. The Morgan fingerprint density at radius 3 is 2.78 bits per heavy atom. The molecule has 2 aromatic heterocycles. The van der Waals surface area contributed by atoms with Gasteiger partial charge in [0, 0.05) is 17.6 Å². The Labute approximate surface area is 105 Å². The van der Waals surface area contributed by atoms with E-state index in [4.69, 9.17) is 0 Å². The van der Waals surface area contributed by atoms with Crippen LogP contribution in [0, 0.1) is 13.8 Å². The predicted molar refractivity (Wildman–Crippen MR) is 73.1 cm³/mol. The predicted octanol–water partition coefficient (Wildman–Crippen LogP) is 3.32. The number of fused-ring (bicyclic) bond motifs is 1. The Kier molecular flexibility index (Phi) is 2.48. The number of rotatable bonds is 2. The van der Waals surface area contributed by atoms with E-state index in [-0.39, 0.29) is 0 Å². The van der Waals surface area contributed by atoms with Gasteiger partial charge in [0.25, 0.3) is 0 Å². The van der Waals surface area contributed by atoms with Crippen LogP contribution >= 0.6 is 0 Å². The summed E-state index contributed by atoms with van der Waals surface area (Å²) in [5.41, 5.74) is 4.21. The van der Waals surface area contributed by atoms with Gasteiger partial charge in [-0.25, -0.2) is 4.98 Å². The van der Waals surface area contributed by atoms with E-state index >= 15 is 0 Å². The molecule has 2 N–H and O–H groups in total. The van der Waals surface area contributed by atoms with Gasteiger partial charge in [-0.3, -0.25) is 5.10 Å². The summed E-state index contributed by atoms with van der Waals surface area (Å²) >= 11 is 0. The molecule has 0 spiro atoms. The number of aromatic amines is 1. The van der Waals surface area contributed by atoms with E-state index in [9.17, 15) is 0 Å². The average molecular weight is 238 g/mol. The van der Waals surface area contributed by atoms with Gasteiger partial charge in [-0.2, -0.15) is 5.10 Å². The standard InChI is InChI=1S/C14H14N4/c1-9-5-3-4-6-11(9)16-14-13-10(2)17-18-12(13)7-8-15-14/h3-8H,1-2H3,(H,15,16)(H,17,18). The van der Waals surface area contributed by atoms with E-state index in [1.807, 2.05) is 31.2 Å². The first-order chi connectivity index (χ1) is 8.75. The minimum absolute atomic E-state index is 0.841. The van der Waals surface area contributed by atoms with E-state index in [0.717, 1.165) is 28.1 Å². The number of hydrogen-bond donors (Lipinski definition) is 2. The van der Waals surface area contributed by atoms with Gasteiger partial charge in [0.05, 0.1) is 10.9 Å². The lowest BCUT2D eigenvalue weighted by molar-refractivity contribution is 1.07. The molecule has 0 saturated heterocycles. The van der Waals surface area contributed by atoms with Crippen molar-refractivity contribution in [3.8, 4) is 0 Å². The second-order valence-corrected chi connectivity index (χ2v) is 4.34. The number of pyridine rings is 1. The molecule has 0 bridgehead atoms. The molecule has 0 fully saturated rings. The quantitative estimate of drug-likeness (QED) is 0.720. The number of nitrogens with one attached hydrogen (secondary N) is 2. The van der Waals surface area contributed by atoms with Crippen LogP contribution in [0.1, 0.15) is 11.3 Å². The molecule has 3 aromatic rings. The van der Waals surface area contributed by atoms with Gasteiger partial charge in [-0.15, -0.1) is 0 Å². The molecule has 0 atom stereocenters. The molecule has 4 nitrogen and oxygen atoms in total. The van der Waals surface area contributed by atoms with Gasteiger partial charge in [0.15, 0.2) is 0 Å². The monoisotopic (exact) mass is 238 g/mol. The van der Waals surface area contributed by atoms with Gasteiger partial charge in [-0.05, 0) is 31.5 Å². The lowest BCUT2D eigenvalue weighted by atomic mass is 10.2. The molecule has 0 amide bonds. The number of hydrogen-bond acceptors (Lipinski definition) is 3. The molecule has 0 saturated carbocycles. The maximum absolute atomic E-state index is 4.41. The normalized spacial score (nSPS) is 10.8. The highest BCUT2D eigenvalue weighted by Crippen LogP contribution is 2.26. The van der Waals surface area contributed by atoms with Crippen LogP contribution < -0.4 is 5.32 Å². The highest BCUT2D eigenvalue weighted by molar-refractivity contribution is 5.92. The molecule has 0 aliphatic heterocycles. The van der Waals surface area contributed by atoms with Crippen molar-refractivity contribution < 1.29 is 0 Å². The summed E-state index contributed by atoms with van der Waals surface area (Å²) in [6.07, 6.45) is 1.77. The molecule has 0 radical (unpaired) electrons. The average Bonchev–Trinajstić information content (AvgIpc) is 2.75. The van der Waals surface area contributed by atoms with E-state index in [1.165, 1.54) is 5.56 Å². The van der Waals surface area contributed by atoms with Gasteiger partial charge in [0.2, 0.25) is 0 Å². The lowest BCUT2D eigenvalue weighted by Gasteiger charge is -2.09. The van der Waals surface area contributed by atoms with Crippen LogP contribution in [0.25, 0.3) is 10.9 Å². The molecule has 4 heteroatoms. The first-order valence-electron chi connectivity index (χ1n) is 5.88. The van der Waals surface area contributed by atoms with Crippen molar-refractivity contribution in [1.82, 2.24) is 15.2 Å². The largest absolute Gasteiger partial charge is 0.339 e. The minimum Gasteiger partial charge on any atom is -0.339 e. The fraction of sp³-hybridized carbons (Fsp3) is 0.143. The zero-order chi connectivity index (χ0) is 12.5. The summed E-state index contributed by atoms with van der Waals surface area (Å²) in [5, 5.41) is 11.6. The summed E-state index contributed by atoms with van der Waals surface area (Å²) in [5.74, 6) is 0.841. The number of H-pyrrole nitrogens is 1. The van der Waals surface area contributed by atoms with Crippen LogP contribution in [-0.4, -0.2) is 15.2 Å². The molecule has 2 heterocycles. The fourth-order valence-corrected chi connectivity index (χ4v) is 2.05. The number of benzene rings is 1. The van der Waals surface area contributed by atoms with Gasteiger partial charge in [0.1, 0.15) is 5.82 Å². The highest BCUT2D eigenvalue weighted by Gasteiger charge is 2.08. The SMILES string of the molecule is Cc1ccccc1Nc1nccc2n[nH]c(C)c12. The Morgan fingerprint density at radius 1 is 1.11 bits per heavy atom. The fourth-order valence-electron chi connectivity index (χ4n) is 2.05. The number of nitrogens with zero attached hydrogens (tertiary/aromatic N) is 2. The van der Waals surface area contributed by atoms with E-state index in [0.29, 0.717) is 0 Å². The summed E-state index contributed by atoms with van der Waals surface area (Å²) in [7, 11) is 0. The third-order valence-electron chi connectivity index (χ3n) is 3.05. The van der Waals surface area contributed by atoms with Crippen molar-refractivity contribution in [2.75, 3.05) is 5.32 Å². The zero-order valence-corrected chi connectivity index (χ0v) is 10.4. The summed E-state index contributed by atoms with van der Waals surface area (Å²) in [4.78, 5) is 4.41. The van der Waals surface area contributed by atoms with Crippen molar-refractivity contribution in [2.45, 2.75) is 13.8 Å². The molecule has 0 unspecified atom stereocenters. The first kappa shape index (κ1) is 10.8. The van der Waals surface area contributed by atoms with Crippen LogP contribution in [0.4, 0.5) is 11.5 Å². The lowest BCUT2D eigenvalue weighted by Crippen LogP contribution is -1.96. The topological polar surface area (TPSA) is 53.6 Å². The zero-order valence-electron chi connectivity index (χ0n) is 10.4. The number of anilines is 2. The second-order valence-electron chi connectivity index (χ2n) is 4.34. The maximum Gasteiger partial charge on any atom is 0.141 e. The number of aromatic nitrogens is 3.